The molecule has 1 rings (SSSR count). The Morgan fingerprint density at radius 2 is 2.00 bits per heavy atom. The predicted octanol–water partition coefficient (Wildman–Crippen LogP) is 4.69. The van der Waals surface area contributed by atoms with Crippen LogP contribution in [0, 0.1) is 5.92 Å². The molecule has 0 heterocycles. The molecule has 0 saturated heterocycles. The zero-order valence-electron chi connectivity index (χ0n) is 12.4. The minimum absolute atomic E-state index is 0.0325. The van der Waals surface area contributed by atoms with Gasteiger partial charge in [-0.2, -0.15) is 0 Å². The van der Waals surface area contributed by atoms with Gasteiger partial charge < -0.3 is 5.32 Å². The zero-order valence-corrected chi connectivity index (χ0v) is 13.1. The second-order valence-corrected chi connectivity index (χ2v) is 5.48. The van der Waals surface area contributed by atoms with Gasteiger partial charge in [-0.25, -0.2) is 0 Å². The van der Waals surface area contributed by atoms with Gasteiger partial charge in [0.25, 0.3) is 0 Å². The van der Waals surface area contributed by atoms with Crippen molar-refractivity contribution in [2.75, 3.05) is 6.54 Å². The Morgan fingerprint density at radius 1 is 1.30 bits per heavy atom. The van der Waals surface area contributed by atoms with Crippen LogP contribution >= 0.6 is 11.6 Å². The van der Waals surface area contributed by atoms with E-state index in [1.807, 2.05) is 24.3 Å². The van der Waals surface area contributed by atoms with E-state index >= 15 is 0 Å². The molecule has 0 bridgehead atoms. The van der Waals surface area contributed by atoms with Crippen LogP contribution in [0.4, 0.5) is 0 Å². The first-order valence-electron chi connectivity index (χ1n) is 7.37. The average molecular weight is 294 g/mol. The summed E-state index contributed by atoms with van der Waals surface area (Å²) in [5.74, 6) is 0.553. The molecule has 1 N–H and O–H groups in total. The van der Waals surface area contributed by atoms with Crippen LogP contribution in [0.15, 0.2) is 30.3 Å². The molecule has 0 aromatic heterocycles. The maximum Gasteiger partial charge on any atom is 0.244 e. The van der Waals surface area contributed by atoms with Gasteiger partial charge in [0.1, 0.15) is 0 Å². The normalized spacial score (nSPS) is 12.6. The van der Waals surface area contributed by atoms with Gasteiger partial charge in [-0.15, -0.1) is 0 Å². The number of rotatable bonds is 8. The molecule has 20 heavy (non-hydrogen) atoms. The molecule has 0 fully saturated rings. The summed E-state index contributed by atoms with van der Waals surface area (Å²) in [5, 5.41) is 3.67. The number of hydrogen-bond donors (Lipinski definition) is 1. The number of halogens is 1. The Hall–Kier alpha value is -1.28. The van der Waals surface area contributed by atoms with Gasteiger partial charge in [0.05, 0.1) is 0 Å². The van der Waals surface area contributed by atoms with Crippen molar-refractivity contribution in [1.29, 1.82) is 0 Å². The van der Waals surface area contributed by atoms with Crippen LogP contribution in [0.2, 0.25) is 5.02 Å². The highest BCUT2D eigenvalue weighted by atomic mass is 35.5. The average Bonchev–Trinajstić information content (AvgIpc) is 2.47. The van der Waals surface area contributed by atoms with Gasteiger partial charge in [0, 0.05) is 17.6 Å². The molecule has 1 amide bonds. The molecule has 2 nitrogen and oxygen atoms in total. The third-order valence-electron chi connectivity index (χ3n) is 3.41. The maximum atomic E-state index is 11.8. The van der Waals surface area contributed by atoms with E-state index in [0.717, 1.165) is 18.5 Å². The lowest BCUT2D eigenvalue weighted by Gasteiger charge is -2.14. The molecule has 3 heteroatoms. The van der Waals surface area contributed by atoms with Crippen molar-refractivity contribution < 1.29 is 4.79 Å². The highest BCUT2D eigenvalue weighted by Crippen LogP contribution is 2.12. The fourth-order valence-electron chi connectivity index (χ4n) is 1.99. The van der Waals surface area contributed by atoms with E-state index in [-0.39, 0.29) is 5.91 Å². The summed E-state index contributed by atoms with van der Waals surface area (Å²) in [7, 11) is 0. The largest absolute Gasteiger partial charge is 0.352 e. The summed E-state index contributed by atoms with van der Waals surface area (Å²) in [6, 6.07) is 7.42. The van der Waals surface area contributed by atoms with Crippen LogP contribution in [-0.4, -0.2) is 12.5 Å². The smallest absolute Gasteiger partial charge is 0.244 e. The van der Waals surface area contributed by atoms with E-state index in [1.165, 1.54) is 19.3 Å². The van der Waals surface area contributed by atoms with Crippen molar-refractivity contribution in [3.63, 3.8) is 0 Å². The number of amides is 1. The topological polar surface area (TPSA) is 29.1 Å². The molecule has 0 spiro atoms. The fraction of sp³-hybridized carbons (Fsp3) is 0.471. The molecule has 0 aliphatic rings. The van der Waals surface area contributed by atoms with Crippen LogP contribution in [0.25, 0.3) is 6.08 Å². The molecule has 0 aliphatic carbocycles. The lowest BCUT2D eigenvalue weighted by atomic mass is 9.99. The molecular formula is C17H24ClNO. The van der Waals surface area contributed by atoms with E-state index in [4.69, 9.17) is 11.6 Å². The summed E-state index contributed by atoms with van der Waals surface area (Å²) < 4.78 is 0. The molecule has 0 saturated carbocycles. The van der Waals surface area contributed by atoms with Gasteiger partial charge in [-0.05, 0) is 36.1 Å². The molecule has 1 atom stereocenters. The fourth-order valence-corrected chi connectivity index (χ4v) is 2.12. The molecule has 110 valence electrons. The van der Waals surface area contributed by atoms with Gasteiger partial charge in [-0.1, -0.05) is 56.8 Å². The van der Waals surface area contributed by atoms with Gasteiger partial charge in [0.15, 0.2) is 0 Å². The van der Waals surface area contributed by atoms with E-state index in [1.54, 1.807) is 12.2 Å². The van der Waals surface area contributed by atoms with Gasteiger partial charge in [-0.3, -0.25) is 4.79 Å². The Morgan fingerprint density at radius 3 is 2.60 bits per heavy atom. The van der Waals surface area contributed by atoms with E-state index in [9.17, 15) is 4.79 Å². The minimum Gasteiger partial charge on any atom is -0.352 e. The van der Waals surface area contributed by atoms with E-state index < -0.39 is 0 Å². The second kappa shape index (κ2) is 9.60. The molecule has 1 unspecified atom stereocenters. The molecule has 0 radical (unpaired) electrons. The SMILES string of the molecule is CCCCC(CC)CNC(=O)/C=C/c1ccc(Cl)cc1. The molecular weight excluding hydrogens is 270 g/mol. The van der Waals surface area contributed by atoms with E-state index in [2.05, 4.69) is 19.2 Å². The van der Waals surface area contributed by atoms with Crippen molar-refractivity contribution in [1.82, 2.24) is 5.32 Å². The van der Waals surface area contributed by atoms with Gasteiger partial charge >= 0.3 is 0 Å². The monoisotopic (exact) mass is 293 g/mol. The number of benzene rings is 1. The number of hydrogen-bond acceptors (Lipinski definition) is 1. The van der Waals surface area contributed by atoms with Crippen molar-refractivity contribution in [3.8, 4) is 0 Å². The van der Waals surface area contributed by atoms with E-state index in [0.29, 0.717) is 10.9 Å². The Balaban J connectivity index is 2.37. The number of carbonyl (C=O) groups excluding carboxylic acids is 1. The first-order valence-corrected chi connectivity index (χ1v) is 7.75. The third-order valence-corrected chi connectivity index (χ3v) is 3.66. The van der Waals surface area contributed by atoms with Crippen LogP contribution in [0.1, 0.15) is 45.1 Å². The first-order chi connectivity index (χ1) is 9.65. The Labute approximate surface area is 127 Å². The lowest BCUT2D eigenvalue weighted by molar-refractivity contribution is -0.116. The molecule has 1 aromatic rings. The van der Waals surface area contributed by atoms with Crippen molar-refractivity contribution in [2.24, 2.45) is 5.92 Å². The van der Waals surface area contributed by atoms with Crippen LogP contribution in [0.3, 0.4) is 0 Å². The number of unbranched alkanes of at least 4 members (excludes halogenated alkanes) is 1. The Bertz CT molecular complexity index is 425. The van der Waals surface area contributed by atoms with Crippen molar-refractivity contribution in [3.05, 3.63) is 40.9 Å². The van der Waals surface area contributed by atoms with Crippen LogP contribution in [-0.2, 0) is 4.79 Å². The van der Waals surface area contributed by atoms with Crippen LogP contribution in [0.5, 0.6) is 0 Å². The maximum absolute atomic E-state index is 11.8. The first kappa shape index (κ1) is 16.8. The molecule has 0 aliphatic heterocycles. The summed E-state index contributed by atoms with van der Waals surface area (Å²) >= 11 is 5.81. The number of carbonyl (C=O) groups is 1. The summed E-state index contributed by atoms with van der Waals surface area (Å²) in [6.07, 6.45) is 8.12. The summed E-state index contributed by atoms with van der Waals surface area (Å²) in [6.45, 7) is 5.14. The predicted molar refractivity (Wildman–Crippen MR) is 86.8 cm³/mol. The minimum atomic E-state index is -0.0325. The van der Waals surface area contributed by atoms with Crippen LogP contribution < -0.4 is 5.32 Å². The van der Waals surface area contributed by atoms with Crippen molar-refractivity contribution >= 4 is 23.6 Å². The lowest BCUT2D eigenvalue weighted by Crippen LogP contribution is -2.27. The quantitative estimate of drug-likeness (QED) is 0.692. The summed E-state index contributed by atoms with van der Waals surface area (Å²) in [4.78, 5) is 11.8. The second-order valence-electron chi connectivity index (χ2n) is 5.05. The Kier molecular flexibility index (Phi) is 8.05. The van der Waals surface area contributed by atoms with Gasteiger partial charge in [0.2, 0.25) is 5.91 Å². The standard InChI is InChI=1S/C17H24ClNO/c1-3-5-6-14(4-2)13-19-17(20)12-9-15-7-10-16(18)11-8-15/h7-12,14H,3-6,13H2,1-2H3,(H,19,20)/b12-9+. The summed E-state index contributed by atoms with van der Waals surface area (Å²) in [5.41, 5.74) is 0.975. The highest BCUT2D eigenvalue weighted by molar-refractivity contribution is 6.30. The highest BCUT2D eigenvalue weighted by Gasteiger charge is 2.06. The zero-order chi connectivity index (χ0) is 14.8. The third kappa shape index (κ3) is 6.76. The van der Waals surface area contributed by atoms with Crippen molar-refractivity contribution in [2.45, 2.75) is 39.5 Å². The molecule has 1 aromatic carbocycles. The number of nitrogens with one attached hydrogen (secondary N) is 1.